The Kier molecular flexibility index (Phi) is 4.80. The molecule has 0 unspecified atom stereocenters. The lowest BCUT2D eigenvalue weighted by atomic mass is 9.87. The number of likely N-dealkylation sites (tertiary alicyclic amines) is 1. The monoisotopic (exact) mass is 268 g/mol. The second-order valence-electron chi connectivity index (χ2n) is 6.08. The van der Waals surface area contributed by atoms with E-state index in [1.165, 1.54) is 12.8 Å². The van der Waals surface area contributed by atoms with Crippen molar-refractivity contribution in [3.8, 4) is 0 Å². The highest BCUT2D eigenvalue weighted by Crippen LogP contribution is 2.23. The van der Waals surface area contributed by atoms with Crippen LogP contribution < -0.4 is 5.32 Å². The minimum absolute atomic E-state index is 0.0468. The number of nitrogens with one attached hydrogen (secondary N) is 1. The van der Waals surface area contributed by atoms with E-state index in [9.17, 15) is 9.59 Å². The maximum Gasteiger partial charge on any atom is 0.307 e. The van der Waals surface area contributed by atoms with Crippen LogP contribution in [0.25, 0.3) is 0 Å². The van der Waals surface area contributed by atoms with Gasteiger partial charge in [-0.25, -0.2) is 0 Å². The number of carbonyl (C=O) groups is 2. The Morgan fingerprint density at radius 2 is 1.89 bits per heavy atom. The van der Waals surface area contributed by atoms with E-state index in [1.54, 1.807) is 0 Å². The molecule has 1 amide bonds. The average molecular weight is 268 g/mol. The summed E-state index contributed by atoms with van der Waals surface area (Å²) in [7, 11) is 0. The molecule has 108 valence electrons. The smallest absolute Gasteiger partial charge is 0.307 e. The lowest BCUT2D eigenvalue weighted by Crippen LogP contribution is -2.43. The average Bonchev–Trinajstić information content (AvgIpc) is 2.80. The molecule has 5 nitrogen and oxygen atoms in total. The van der Waals surface area contributed by atoms with Crippen molar-refractivity contribution in [1.82, 2.24) is 10.2 Å². The molecule has 2 fully saturated rings. The van der Waals surface area contributed by atoms with Gasteiger partial charge in [0.1, 0.15) is 0 Å². The maximum absolute atomic E-state index is 11.9. The normalized spacial score (nSPS) is 32.2. The van der Waals surface area contributed by atoms with Crippen LogP contribution in [0.5, 0.6) is 0 Å². The SMILES string of the molecule is CC1CCC(NC(=O)CN2CC[C@@H](C(=O)O)C2)CC1. The molecular weight excluding hydrogens is 244 g/mol. The fraction of sp³-hybridized carbons (Fsp3) is 0.857. The van der Waals surface area contributed by atoms with Crippen LogP contribution in [0.2, 0.25) is 0 Å². The van der Waals surface area contributed by atoms with Gasteiger partial charge in [0.05, 0.1) is 12.5 Å². The molecule has 0 aromatic carbocycles. The van der Waals surface area contributed by atoms with Crippen LogP contribution >= 0.6 is 0 Å². The zero-order valence-corrected chi connectivity index (χ0v) is 11.6. The second-order valence-corrected chi connectivity index (χ2v) is 6.08. The Labute approximate surface area is 114 Å². The first kappa shape index (κ1) is 14.3. The second kappa shape index (κ2) is 6.37. The number of aliphatic carboxylic acids is 1. The Bertz CT molecular complexity index is 338. The molecule has 5 heteroatoms. The molecule has 1 aliphatic heterocycles. The molecule has 1 saturated carbocycles. The van der Waals surface area contributed by atoms with Gasteiger partial charge in [-0.1, -0.05) is 6.92 Å². The summed E-state index contributed by atoms with van der Waals surface area (Å²) in [6.07, 6.45) is 5.18. The Hall–Kier alpha value is -1.10. The van der Waals surface area contributed by atoms with Gasteiger partial charge in [0, 0.05) is 12.6 Å². The largest absolute Gasteiger partial charge is 0.481 e. The van der Waals surface area contributed by atoms with E-state index < -0.39 is 5.97 Å². The summed E-state index contributed by atoms with van der Waals surface area (Å²) in [5, 5.41) is 12.0. The highest BCUT2D eigenvalue weighted by atomic mass is 16.4. The van der Waals surface area contributed by atoms with Crippen LogP contribution in [0.3, 0.4) is 0 Å². The molecule has 1 heterocycles. The number of carboxylic acids is 1. The molecular formula is C14H24N2O3. The maximum atomic E-state index is 11.9. The van der Waals surface area contributed by atoms with E-state index in [2.05, 4.69) is 12.2 Å². The van der Waals surface area contributed by atoms with Crippen LogP contribution in [0.15, 0.2) is 0 Å². The summed E-state index contributed by atoms with van der Waals surface area (Å²) in [5.41, 5.74) is 0. The van der Waals surface area contributed by atoms with Crippen molar-refractivity contribution >= 4 is 11.9 Å². The van der Waals surface area contributed by atoms with Crippen LogP contribution in [-0.4, -0.2) is 47.6 Å². The summed E-state index contributed by atoms with van der Waals surface area (Å²) < 4.78 is 0. The zero-order valence-electron chi connectivity index (χ0n) is 11.6. The summed E-state index contributed by atoms with van der Waals surface area (Å²) in [6, 6.07) is 0.321. The van der Waals surface area contributed by atoms with Crippen LogP contribution in [0.4, 0.5) is 0 Å². The topological polar surface area (TPSA) is 69.6 Å². The summed E-state index contributed by atoms with van der Waals surface area (Å²) in [4.78, 5) is 24.7. The van der Waals surface area contributed by atoms with Gasteiger partial charge < -0.3 is 10.4 Å². The van der Waals surface area contributed by atoms with E-state index in [4.69, 9.17) is 5.11 Å². The molecule has 1 saturated heterocycles. The molecule has 2 aliphatic rings. The van der Waals surface area contributed by atoms with Crippen LogP contribution in [-0.2, 0) is 9.59 Å². The lowest BCUT2D eigenvalue weighted by Gasteiger charge is -2.27. The molecule has 2 rings (SSSR count). The minimum atomic E-state index is -0.746. The number of nitrogens with zero attached hydrogens (tertiary/aromatic N) is 1. The van der Waals surface area contributed by atoms with Crippen molar-refractivity contribution in [1.29, 1.82) is 0 Å². The fourth-order valence-electron chi connectivity index (χ4n) is 3.06. The van der Waals surface area contributed by atoms with E-state index in [0.29, 0.717) is 32.1 Å². The predicted molar refractivity (Wildman–Crippen MR) is 71.7 cm³/mol. The van der Waals surface area contributed by atoms with Crippen LogP contribution in [0, 0.1) is 11.8 Å². The number of carbonyl (C=O) groups excluding carboxylic acids is 1. The molecule has 2 N–H and O–H groups in total. The third kappa shape index (κ3) is 4.20. The first-order chi connectivity index (χ1) is 9.04. The Balaban J connectivity index is 1.69. The van der Waals surface area contributed by atoms with Crippen molar-refractivity contribution in [2.45, 2.75) is 45.1 Å². The van der Waals surface area contributed by atoms with Crippen molar-refractivity contribution < 1.29 is 14.7 Å². The van der Waals surface area contributed by atoms with E-state index in [0.717, 1.165) is 18.8 Å². The summed E-state index contributed by atoms with van der Waals surface area (Å²) in [6.45, 7) is 3.82. The molecule has 0 aromatic rings. The van der Waals surface area contributed by atoms with E-state index in [1.807, 2.05) is 4.90 Å². The van der Waals surface area contributed by atoms with Gasteiger partial charge in [0.15, 0.2) is 0 Å². The predicted octanol–water partition coefficient (Wildman–Crippen LogP) is 1.09. The van der Waals surface area contributed by atoms with Gasteiger partial charge in [-0.3, -0.25) is 14.5 Å². The number of rotatable bonds is 4. The zero-order chi connectivity index (χ0) is 13.8. The van der Waals surface area contributed by atoms with Gasteiger partial charge in [-0.2, -0.15) is 0 Å². The highest BCUT2D eigenvalue weighted by molar-refractivity contribution is 5.78. The molecule has 0 aromatic heterocycles. The van der Waals surface area contributed by atoms with Gasteiger partial charge in [-0.15, -0.1) is 0 Å². The van der Waals surface area contributed by atoms with Crippen molar-refractivity contribution in [3.63, 3.8) is 0 Å². The first-order valence-corrected chi connectivity index (χ1v) is 7.29. The molecule has 1 atom stereocenters. The van der Waals surface area contributed by atoms with Crippen LogP contribution in [0.1, 0.15) is 39.0 Å². The number of amides is 1. The van der Waals surface area contributed by atoms with Crippen molar-refractivity contribution in [2.75, 3.05) is 19.6 Å². The number of carboxylic acid groups (broad SMARTS) is 1. The molecule has 0 spiro atoms. The Morgan fingerprint density at radius 3 is 2.47 bits per heavy atom. The van der Waals surface area contributed by atoms with Gasteiger partial charge in [0.2, 0.25) is 5.91 Å². The van der Waals surface area contributed by atoms with Crippen molar-refractivity contribution in [2.24, 2.45) is 11.8 Å². The standard InChI is InChI=1S/C14H24N2O3/c1-10-2-4-12(5-3-10)15-13(17)9-16-7-6-11(8-16)14(18)19/h10-12H,2-9H2,1H3,(H,15,17)(H,18,19)/t10?,11-,12?/m1/s1. The summed E-state index contributed by atoms with van der Waals surface area (Å²) >= 11 is 0. The first-order valence-electron chi connectivity index (χ1n) is 7.29. The third-order valence-corrected chi connectivity index (χ3v) is 4.37. The fourth-order valence-corrected chi connectivity index (χ4v) is 3.06. The van der Waals surface area contributed by atoms with Gasteiger partial charge >= 0.3 is 5.97 Å². The molecule has 0 radical (unpaired) electrons. The number of hydrogen-bond acceptors (Lipinski definition) is 3. The summed E-state index contributed by atoms with van der Waals surface area (Å²) in [5.74, 6) is -0.221. The molecule has 0 bridgehead atoms. The number of hydrogen-bond donors (Lipinski definition) is 2. The van der Waals surface area contributed by atoms with E-state index >= 15 is 0 Å². The highest BCUT2D eigenvalue weighted by Gasteiger charge is 2.29. The Morgan fingerprint density at radius 1 is 1.21 bits per heavy atom. The molecule has 1 aliphatic carbocycles. The lowest BCUT2D eigenvalue weighted by molar-refractivity contribution is -0.141. The third-order valence-electron chi connectivity index (χ3n) is 4.37. The van der Waals surface area contributed by atoms with Crippen molar-refractivity contribution in [3.05, 3.63) is 0 Å². The molecule has 19 heavy (non-hydrogen) atoms. The minimum Gasteiger partial charge on any atom is -0.481 e. The van der Waals surface area contributed by atoms with Gasteiger partial charge in [0.25, 0.3) is 0 Å². The van der Waals surface area contributed by atoms with E-state index in [-0.39, 0.29) is 11.8 Å². The quantitative estimate of drug-likeness (QED) is 0.800. The van der Waals surface area contributed by atoms with Gasteiger partial charge in [-0.05, 0) is 44.6 Å².